The van der Waals surface area contributed by atoms with E-state index in [2.05, 4.69) is 6.92 Å². The highest BCUT2D eigenvalue weighted by Crippen LogP contribution is 2.05. The Labute approximate surface area is 122 Å². The Bertz CT molecular complexity index is 181. The van der Waals surface area contributed by atoms with Gasteiger partial charge in [0.15, 0.2) is 0 Å². The van der Waals surface area contributed by atoms with Crippen molar-refractivity contribution in [2.24, 2.45) is 0 Å². The van der Waals surface area contributed by atoms with Crippen molar-refractivity contribution >= 4 is 11.6 Å². The lowest BCUT2D eigenvalue weighted by molar-refractivity contribution is -0.0510. The van der Waals surface area contributed by atoms with E-state index < -0.39 is 6.10 Å². The van der Waals surface area contributed by atoms with Gasteiger partial charge in [-0.2, -0.15) is 0 Å². The van der Waals surface area contributed by atoms with Gasteiger partial charge >= 0.3 is 0 Å². The molecule has 2 unspecified atom stereocenters. The summed E-state index contributed by atoms with van der Waals surface area (Å²) in [5.41, 5.74) is 0. The highest BCUT2D eigenvalue weighted by atomic mass is 35.5. The van der Waals surface area contributed by atoms with Crippen molar-refractivity contribution in [2.45, 2.75) is 57.7 Å². The molecule has 0 aliphatic carbocycles. The van der Waals surface area contributed by atoms with Crippen molar-refractivity contribution in [3.8, 4) is 0 Å². The number of hydrogen-bond acceptors (Lipinski definition) is 4. The minimum Gasteiger partial charge on any atom is -0.394 e. The molecule has 2 N–H and O–H groups in total. The Morgan fingerprint density at radius 3 is 2.37 bits per heavy atom. The molecule has 0 spiro atoms. The molecule has 0 heterocycles. The van der Waals surface area contributed by atoms with Crippen LogP contribution in [-0.4, -0.2) is 54.7 Å². The van der Waals surface area contributed by atoms with Gasteiger partial charge in [0.05, 0.1) is 31.8 Å². The molecule has 0 bridgehead atoms. The molecule has 5 heteroatoms. The third kappa shape index (κ3) is 12.9. The Kier molecular flexibility index (Phi) is 14.6. The van der Waals surface area contributed by atoms with E-state index in [1.54, 1.807) is 0 Å². The number of aliphatic hydroxyl groups excluding tert-OH is 2. The molecule has 0 aromatic heterocycles. The van der Waals surface area contributed by atoms with Gasteiger partial charge in [-0.05, 0) is 6.42 Å². The minimum absolute atomic E-state index is 0.0915. The van der Waals surface area contributed by atoms with Crippen molar-refractivity contribution in [1.29, 1.82) is 0 Å². The second-order valence-electron chi connectivity index (χ2n) is 4.79. The van der Waals surface area contributed by atoms with E-state index in [-0.39, 0.29) is 19.3 Å². The molecule has 0 saturated carbocycles. The summed E-state index contributed by atoms with van der Waals surface area (Å²) < 4.78 is 10.8. The Balaban J connectivity index is 3.36. The van der Waals surface area contributed by atoms with Crippen LogP contribution in [0.4, 0.5) is 0 Å². The molecule has 0 aromatic carbocycles. The SMILES string of the molecule is CCCCCCCCOCC(CCl)OCC(O)CO. The summed E-state index contributed by atoms with van der Waals surface area (Å²) >= 11 is 5.74. The molecule has 116 valence electrons. The van der Waals surface area contributed by atoms with E-state index in [0.29, 0.717) is 12.5 Å². The molecule has 2 atom stereocenters. The highest BCUT2D eigenvalue weighted by molar-refractivity contribution is 6.18. The molecule has 0 aliphatic rings. The maximum absolute atomic E-state index is 9.16. The molecular weight excluding hydrogens is 268 g/mol. The highest BCUT2D eigenvalue weighted by Gasteiger charge is 2.10. The van der Waals surface area contributed by atoms with E-state index in [1.165, 1.54) is 32.1 Å². The summed E-state index contributed by atoms with van der Waals surface area (Å²) in [6.07, 6.45) is 6.37. The van der Waals surface area contributed by atoms with Crippen molar-refractivity contribution in [2.75, 3.05) is 32.3 Å². The monoisotopic (exact) mass is 296 g/mol. The second kappa shape index (κ2) is 14.5. The number of unbranched alkanes of at least 4 members (excludes halogenated alkanes) is 5. The molecule has 0 saturated heterocycles. The van der Waals surface area contributed by atoms with Crippen molar-refractivity contribution < 1.29 is 19.7 Å². The van der Waals surface area contributed by atoms with E-state index in [9.17, 15) is 0 Å². The molecule has 0 fully saturated rings. The third-order valence-corrected chi connectivity index (χ3v) is 3.20. The minimum atomic E-state index is -0.843. The van der Waals surface area contributed by atoms with Crippen LogP contribution in [0.25, 0.3) is 0 Å². The molecular formula is C14H29ClO4. The van der Waals surface area contributed by atoms with Crippen LogP contribution in [0, 0.1) is 0 Å². The molecule has 0 rings (SSSR count). The standard InChI is InChI=1S/C14H29ClO4/c1-2-3-4-5-6-7-8-18-12-14(9-15)19-11-13(17)10-16/h13-14,16-17H,2-12H2,1H3. The van der Waals surface area contributed by atoms with Gasteiger partial charge in [-0.3, -0.25) is 0 Å². The molecule has 19 heavy (non-hydrogen) atoms. The van der Waals surface area contributed by atoms with Crippen LogP contribution < -0.4 is 0 Å². The Hall–Kier alpha value is 0.130. The van der Waals surface area contributed by atoms with E-state index in [4.69, 9.17) is 31.3 Å². The summed E-state index contributed by atoms with van der Waals surface area (Å²) in [5, 5.41) is 17.8. The van der Waals surface area contributed by atoms with Crippen LogP contribution in [0.2, 0.25) is 0 Å². The lowest BCUT2D eigenvalue weighted by Gasteiger charge is -2.17. The zero-order chi connectivity index (χ0) is 14.3. The van der Waals surface area contributed by atoms with Gasteiger partial charge in [-0.15, -0.1) is 11.6 Å². The molecule has 0 aromatic rings. The number of hydrogen-bond donors (Lipinski definition) is 2. The molecule has 4 nitrogen and oxygen atoms in total. The third-order valence-electron chi connectivity index (χ3n) is 2.85. The fraction of sp³-hybridized carbons (Fsp3) is 1.00. The fourth-order valence-electron chi connectivity index (χ4n) is 1.64. The van der Waals surface area contributed by atoms with Crippen LogP contribution >= 0.6 is 11.6 Å². The van der Waals surface area contributed by atoms with Crippen LogP contribution in [0.3, 0.4) is 0 Å². The topological polar surface area (TPSA) is 58.9 Å². The molecule has 0 aliphatic heterocycles. The van der Waals surface area contributed by atoms with Gasteiger partial charge in [0.1, 0.15) is 6.10 Å². The van der Waals surface area contributed by atoms with Crippen LogP contribution in [0.5, 0.6) is 0 Å². The first-order chi connectivity index (χ1) is 9.24. The predicted octanol–water partition coefficient (Wildman–Crippen LogP) is 2.34. The second-order valence-corrected chi connectivity index (χ2v) is 5.10. The summed E-state index contributed by atoms with van der Waals surface area (Å²) in [7, 11) is 0. The lowest BCUT2D eigenvalue weighted by Crippen LogP contribution is -2.28. The van der Waals surface area contributed by atoms with Crippen LogP contribution in [0.1, 0.15) is 45.4 Å². The van der Waals surface area contributed by atoms with E-state index in [0.717, 1.165) is 13.0 Å². The van der Waals surface area contributed by atoms with Gasteiger partial charge in [0.2, 0.25) is 0 Å². The average molecular weight is 297 g/mol. The number of aliphatic hydroxyl groups is 2. The van der Waals surface area contributed by atoms with Gasteiger partial charge in [0, 0.05) is 6.61 Å². The van der Waals surface area contributed by atoms with E-state index >= 15 is 0 Å². The maximum atomic E-state index is 9.16. The smallest absolute Gasteiger partial charge is 0.100 e. The van der Waals surface area contributed by atoms with Crippen LogP contribution in [-0.2, 0) is 9.47 Å². The Morgan fingerprint density at radius 1 is 1.05 bits per heavy atom. The average Bonchev–Trinajstić information content (AvgIpc) is 2.44. The first-order valence-electron chi connectivity index (χ1n) is 7.28. The van der Waals surface area contributed by atoms with Gasteiger partial charge in [0.25, 0.3) is 0 Å². The summed E-state index contributed by atoms with van der Waals surface area (Å²) in [5.74, 6) is 0.328. The van der Waals surface area contributed by atoms with Crippen molar-refractivity contribution in [3.63, 3.8) is 0 Å². The van der Waals surface area contributed by atoms with Crippen LogP contribution in [0.15, 0.2) is 0 Å². The lowest BCUT2D eigenvalue weighted by atomic mass is 10.1. The van der Waals surface area contributed by atoms with Gasteiger partial charge < -0.3 is 19.7 Å². The largest absolute Gasteiger partial charge is 0.394 e. The predicted molar refractivity (Wildman–Crippen MR) is 77.7 cm³/mol. The van der Waals surface area contributed by atoms with Gasteiger partial charge in [-0.25, -0.2) is 0 Å². The first-order valence-corrected chi connectivity index (χ1v) is 7.82. The van der Waals surface area contributed by atoms with Crippen molar-refractivity contribution in [3.05, 3.63) is 0 Å². The number of halogens is 1. The quantitative estimate of drug-likeness (QED) is 0.382. The van der Waals surface area contributed by atoms with Gasteiger partial charge in [-0.1, -0.05) is 39.0 Å². The number of ether oxygens (including phenoxy) is 2. The molecule has 0 amide bonds. The van der Waals surface area contributed by atoms with E-state index in [1.807, 2.05) is 0 Å². The number of rotatable bonds is 14. The number of alkyl halides is 1. The first kappa shape index (κ1) is 19.1. The zero-order valence-corrected chi connectivity index (χ0v) is 12.8. The Morgan fingerprint density at radius 2 is 1.74 bits per heavy atom. The molecule has 0 radical (unpaired) electrons. The summed E-state index contributed by atoms with van der Waals surface area (Å²) in [4.78, 5) is 0. The zero-order valence-electron chi connectivity index (χ0n) is 12.0. The summed E-state index contributed by atoms with van der Waals surface area (Å²) in [6.45, 7) is 3.17. The fourth-order valence-corrected chi connectivity index (χ4v) is 1.81. The normalized spacial score (nSPS) is 14.5. The maximum Gasteiger partial charge on any atom is 0.100 e. The summed E-state index contributed by atoms with van der Waals surface area (Å²) in [6, 6.07) is 0. The van der Waals surface area contributed by atoms with Crippen molar-refractivity contribution in [1.82, 2.24) is 0 Å².